The molecule has 1 atom stereocenters. The second-order valence-corrected chi connectivity index (χ2v) is 8.35. The third kappa shape index (κ3) is 4.53. The number of anilines is 1. The van der Waals surface area contributed by atoms with Crippen molar-refractivity contribution in [3.8, 4) is 5.69 Å². The van der Waals surface area contributed by atoms with E-state index in [1.165, 1.54) is 35.2 Å². The summed E-state index contributed by atoms with van der Waals surface area (Å²) in [6.07, 6.45) is 0. The molecule has 0 saturated heterocycles. The molecule has 25 heavy (non-hydrogen) atoms. The van der Waals surface area contributed by atoms with Gasteiger partial charge in [-0.2, -0.15) is 0 Å². The largest absolute Gasteiger partial charge is 0.325 e. The smallest absolute Gasteiger partial charge is 0.237 e. The molecule has 0 unspecified atom stereocenters. The zero-order valence-electron chi connectivity index (χ0n) is 13.2. The van der Waals surface area contributed by atoms with Gasteiger partial charge in [0.1, 0.15) is 5.82 Å². The van der Waals surface area contributed by atoms with Crippen molar-refractivity contribution in [3.05, 3.63) is 64.4 Å². The van der Waals surface area contributed by atoms with Crippen LogP contribution in [0.2, 0.25) is 0 Å². The Hall–Kier alpha value is -2.03. The summed E-state index contributed by atoms with van der Waals surface area (Å²) in [5, 5.41) is 6.96. The molecule has 128 valence electrons. The van der Waals surface area contributed by atoms with E-state index < -0.39 is 0 Å². The van der Waals surface area contributed by atoms with E-state index in [0.29, 0.717) is 14.0 Å². The fraction of sp³-hybridized carbons (Fsp3) is 0.118. The van der Waals surface area contributed by atoms with Gasteiger partial charge < -0.3 is 5.32 Å². The first-order chi connectivity index (χ1) is 12.0. The van der Waals surface area contributed by atoms with Crippen LogP contribution in [-0.2, 0) is 4.79 Å². The van der Waals surface area contributed by atoms with E-state index >= 15 is 0 Å². The SMILES string of the molecule is C[C@H](Sc1nn(-c2ccc(F)cc2)c(=S)s1)C(=O)Nc1ccccc1. The summed E-state index contributed by atoms with van der Waals surface area (Å²) < 4.78 is 15.9. The number of rotatable bonds is 5. The van der Waals surface area contributed by atoms with Crippen LogP contribution < -0.4 is 5.32 Å². The van der Waals surface area contributed by atoms with Crippen molar-refractivity contribution in [2.45, 2.75) is 16.5 Å². The molecule has 1 aromatic heterocycles. The van der Waals surface area contributed by atoms with Gasteiger partial charge in [-0.25, -0.2) is 9.07 Å². The van der Waals surface area contributed by atoms with E-state index in [9.17, 15) is 9.18 Å². The number of amides is 1. The Bertz CT molecular complexity index is 922. The first-order valence-corrected chi connectivity index (χ1v) is 9.52. The van der Waals surface area contributed by atoms with Crippen LogP contribution in [0.5, 0.6) is 0 Å². The highest BCUT2D eigenvalue weighted by atomic mass is 32.2. The Morgan fingerprint density at radius 3 is 2.60 bits per heavy atom. The van der Waals surface area contributed by atoms with Gasteiger partial charge in [0.25, 0.3) is 0 Å². The van der Waals surface area contributed by atoms with Gasteiger partial charge in [0.15, 0.2) is 8.29 Å². The molecule has 3 rings (SSSR count). The second-order valence-electron chi connectivity index (χ2n) is 5.14. The minimum absolute atomic E-state index is 0.106. The van der Waals surface area contributed by atoms with Crippen molar-refractivity contribution in [2.75, 3.05) is 5.32 Å². The predicted molar refractivity (Wildman–Crippen MR) is 103 cm³/mol. The van der Waals surface area contributed by atoms with Crippen molar-refractivity contribution < 1.29 is 9.18 Å². The number of thioether (sulfide) groups is 1. The molecule has 0 saturated carbocycles. The Kier molecular flexibility index (Phi) is 5.62. The van der Waals surface area contributed by atoms with Crippen LogP contribution in [0.1, 0.15) is 6.92 Å². The minimum Gasteiger partial charge on any atom is -0.325 e. The number of carbonyl (C=O) groups is 1. The van der Waals surface area contributed by atoms with E-state index in [4.69, 9.17) is 12.2 Å². The molecule has 1 amide bonds. The number of hydrogen-bond donors (Lipinski definition) is 1. The molecule has 0 aliphatic carbocycles. The summed E-state index contributed by atoms with van der Waals surface area (Å²) in [7, 11) is 0. The van der Waals surface area contributed by atoms with Crippen LogP contribution in [0.3, 0.4) is 0 Å². The maximum atomic E-state index is 13.0. The number of aromatic nitrogens is 2. The molecule has 3 aromatic rings. The van der Waals surface area contributed by atoms with Crippen LogP contribution in [0.15, 0.2) is 58.9 Å². The summed E-state index contributed by atoms with van der Waals surface area (Å²) in [6, 6.07) is 15.2. The number of nitrogens with one attached hydrogen (secondary N) is 1. The molecule has 8 heteroatoms. The molecule has 2 aromatic carbocycles. The van der Waals surface area contributed by atoms with Gasteiger partial charge in [-0.3, -0.25) is 4.79 Å². The van der Waals surface area contributed by atoms with Crippen molar-refractivity contribution in [3.63, 3.8) is 0 Å². The van der Waals surface area contributed by atoms with Gasteiger partial charge >= 0.3 is 0 Å². The topological polar surface area (TPSA) is 46.9 Å². The van der Waals surface area contributed by atoms with Crippen molar-refractivity contribution >= 4 is 46.9 Å². The third-order valence-corrected chi connectivity index (χ3v) is 5.70. The third-order valence-electron chi connectivity index (χ3n) is 3.29. The fourth-order valence-corrected chi connectivity index (χ4v) is 4.53. The summed E-state index contributed by atoms with van der Waals surface area (Å²) >= 11 is 7.98. The lowest BCUT2D eigenvalue weighted by Gasteiger charge is -2.10. The maximum Gasteiger partial charge on any atom is 0.237 e. The van der Waals surface area contributed by atoms with Crippen molar-refractivity contribution in [1.82, 2.24) is 9.78 Å². The highest BCUT2D eigenvalue weighted by molar-refractivity contribution is 8.02. The van der Waals surface area contributed by atoms with Gasteiger partial charge in [-0.15, -0.1) is 5.10 Å². The van der Waals surface area contributed by atoms with Crippen LogP contribution in [-0.4, -0.2) is 20.9 Å². The number of hydrogen-bond acceptors (Lipinski definition) is 5. The quantitative estimate of drug-likeness (QED) is 0.495. The van der Waals surface area contributed by atoms with Crippen molar-refractivity contribution in [1.29, 1.82) is 0 Å². The summed E-state index contributed by atoms with van der Waals surface area (Å²) in [5.41, 5.74) is 1.44. The Labute approximate surface area is 157 Å². The highest BCUT2D eigenvalue weighted by Crippen LogP contribution is 2.28. The number of halogens is 1. The number of para-hydroxylation sites is 1. The molecule has 0 fully saturated rings. The fourth-order valence-electron chi connectivity index (χ4n) is 2.02. The number of benzene rings is 2. The first kappa shape index (κ1) is 17.8. The summed E-state index contributed by atoms with van der Waals surface area (Å²) in [6.45, 7) is 1.82. The van der Waals surface area contributed by atoms with Gasteiger partial charge in [0.2, 0.25) is 5.91 Å². The van der Waals surface area contributed by atoms with E-state index in [-0.39, 0.29) is 17.0 Å². The van der Waals surface area contributed by atoms with Gasteiger partial charge in [0, 0.05) is 5.69 Å². The minimum atomic E-state index is -0.331. The van der Waals surface area contributed by atoms with E-state index in [2.05, 4.69) is 10.4 Å². The van der Waals surface area contributed by atoms with E-state index in [1.807, 2.05) is 37.3 Å². The molecule has 1 N–H and O–H groups in total. The first-order valence-electron chi connectivity index (χ1n) is 7.41. The Balaban J connectivity index is 1.70. The second kappa shape index (κ2) is 7.90. The molecule has 0 radical (unpaired) electrons. The van der Waals surface area contributed by atoms with E-state index in [0.717, 1.165) is 5.69 Å². The van der Waals surface area contributed by atoms with Gasteiger partial charge in [0.05, 0.1) is 10.9 Å². The van der Waals surface area contributed by atoms with Gasteiger partial charge in [-0.05, 0) is 55.5 Å². The molecule has 1 heterocycles. The van der Waals surface area contributed by atoms with Crippen LogP contribution >= 0.6 is 35.3 Å². The molecule has 0 aliphatic heterocycles. The molecule has 0 spiro atoms. The molecular weight excluding hydrogens is 377 g/mol. The average Bonchev–Trinajstić information content (AvgIpc) is 2.96. The van der Waals surface area contributed by atoms with Crippen LogP contribution in [0.4, 0.5) is 10.1 Å². The number of nitrogens with zero attached hydrogens (tertiary/aromatic N) is 2. The molecule has 0 bridgehead atoms. The van der Waals surface area contributed by atoms with E-state index in [1.54, 1.807) is 16.8 Å². The molecule has 4 nitrogen and oxygen atoms in total. The zero-order chi connectivity index (χ0) is 17.8. The zero-order valence-corrected chi connectivity index (χ0v) is 15.6. The average molecular weight is 392 g/mol. The lowest BCUT2D eigenvalue weighted by Crippen LogP contribution is -2.22. The lowest BCUT2D eigenvalue weighted by atomic mass is 10.3. The molecule has 0 aliphatic rings. The number of carbonyl (C=O) groups excluding carboxylic acids is 1. The Morgan fingerprint density at radius 2 is 1.92 bits per heavy atom. The highest BCUT2D eigenvalue weighted by Gasteiger charge is 2.17. The summed E-state index contributed by atoms with van der Waals surface area (Å²) in [5.74, 6) is -0.419. The normalized spacial score (nSPS) is 11.9. The predicted octanol–water partition coefficient (Wildman–Crippen LogP) is 4.92. The van der Waals surface area contributed by atoms with Crippen LogP contribution in [0.25, 0.3) is 5.69 Å². The lowest BCUT2D eigenvalue weighted by molar-refractivity contribution is -0.115. The van der Waals surface area contributed by atoms with Crippen molar-refractivity contribution in [2.24, 2.45) is 0 Å². The Morgan fingerprint density at radius 1 is 1.24 bits per heavy atom. The molecular formula is C17H14FN3OS3. The maximum absolute atomic E-state index is 13.0. The monoisotopic (exact) mass is 391 g/mol. The van der Waals surface area contributed by atoms with Gasteiger partial charge in [-0.1, -0.05) is 41.3 Å². The summed E-state index contributed by atoms with van der Waals surface area (Å²) in [4.78, 5) is 12.3. The van der Waals surface area contributed by atoms with Crippen LogP contribution in [0, 0.1) is 9.77 Å². The standard InChI is InChI=1S/C17H14FN3OS3/c1-11(15(22)19-13-5-3-2-4-6-13)24-16-20-21(17(23)25-16)14-9-7-12(18)8-10-14/h2-11H,1H3,(H,19,22)/t11-/m0/s1.